The number of anilines is 1. The smallest absolute Gasteiger partial charge is 0.286 e. The number of nitrogens with one attached hydrogen (secondary N) is 2. The lowest BCUT2D eigenvalue weighted by atomic mass is 10.1. The molecule has 8 heteroatoms. The Labute approximate surface area is 155 Å². The molecule has 1 saturated carbocycles. The van der Waals surface area contributed by atoms with E-state index in [1.165, 1.54) is 12.8 Å². The molecule has 25 heavy (non-hydrogen) atoms. The van der Waals surface area contributed by atoms with Crippen LogP contribution >= 0.6 is 22.9 Å². The van der Waals surface area contributed by atoms with E-state index in [4.69, 9.17) is 11.6 Å². The van der Waals surface area contributed by atoms with Crippen molar-refractivity contribution in [1.82, 2.24) is 15.5 Å². The summed E-state index contributed by atoms with van der Waals surface area (Å²) in [5.74, 6) is -0.667. The Morgan fingerprint density at radius 2 is 1.72 bits per heavy atom. The molecule has 0 radical (unpaired) electrons. The predicted octanol–water partition coefficient (Wildman–Crippen LogP) is 3.90. The molecule has 2 N–H and O–H groups in total. The average Bonchev–Trinajstić information content (AvgIpc) is 2.95. The normalized spacial score (nSPS) is 15.4. The van der Waals surface area contributed by atoms with Gasteiger partial charge in [0.2, 0.25) is 10.0 Å². The summed E-state index contributed by atoms with van der Waals surface area (Å²) in [6.07, 6.45) is 6.69. The third-order valence-electron chi connectivity index (χ3n) is 4.09. The average molecular weight is 379 g/mol. The number of benzene rings is 1. The van der Waals surface area contributed by atoms with E-state index in [1.807, 2.05) is 0 Å². The molecule has 6 nitrogen and oxygen atoms in total. The van der Waals surface area contributed by atoms with Crippen molar-refractivity contribution in [3.8, 4) is 0 Å². The molecule has 1 heterocycles. The number of hydrogen-bond donors (Lipinski definition) is 2. The second-order valence-corrected chi connectivity index (χ2v) is 7.45. The monoisotopic (exact) mass is 378 g/mol. The predicted molar refractivity (Wildman–Crippen MR) is 98.3 cm³/mol. The van der Waals surface area contributed by atoms with Crippen molar-refractivity contribution in [2.45, 2.75) is 44.6 Å². The fourth-order valence-electron chi connectivity index (χ4n) is 2.83. The summed E-state index contributed by atoms with van der Waals surface area (Å²) in [6, 6.07) is 7.01. The van der Waals surface area contributed by atoms with Crippen LogP contribution in [0.5, 0.6) is 0 Å². The van der Waals surface area contributed by atoms with Crippen molar-refractivity contribution in [2.24, 2.45) is 0 Å². The summed E-state index contributed by atoms with van der Waals surface area (Å²) in [5.41, 5.74) is 0.567. The van der Waals surface area contributed by atoms with Crippen molar-refractivity contribution < 1.29 is 9.59 Å². The molecule has 3 rings (SSSR count). The van der Waals surface area contributed by atoms with Crippen LogP contribution in [-0.4, -0.2) is 28.1 Å². The largest absolute Gasteiger partial charge is 0.347 e. The zero-order chi connectivity index (χ0) is 17.6. The van der Waals surface area contributed by atoms with E-state index in [2.05, 4.69) is 20.8 Å². The van der Waals surface area contributed by atoms with Crippen LogP contribution in [0.1, 0.15) is 58.1 Å². The fraction of sp³-hybridized carbons (Fsp3) is 0.412. The maximum Gasteiger partial charge on any atom is 0.286 e. The molecule has 2 aromatic rings. The highest BCUT2D eigenvalue weighted by molar-refractivity contribution is 7.15. The summed E-state index contributed by atoms with van der Waals surface area (Å²) in [4.78, 5) is 24.5. The van der Waals surface area contributed by atoms with Crippen LogP contribution in [0.3, 0.4) is 0 Å². The van der Waals surface area contributed by atoms with Crippen LogP contribution in [0.4, 0.5) is 5.69 Å². The lowest BCUT2D eigenvalue weighted by Gasteiger charge is -2.14. The molecule has 0 bridgehead atoms. The lowest BCUT2D eigenvalue weighted by Crippen LogP contribution is -2.34. The van der Waals surface area contributed by atoms with Gasteiger partial charge in [-0.1, -0.05) is 54.7 Å². The second-order valence-electron chi connectivity index (χ2n) is 6.04. The van der Waals surface area contributed by atoms with Crippen LogP contribution in [0, 0.1) is 0 Å². The SMILES string of the molecule is O=C(Nc1cccc(Cl)c1)c1nnc(C(=O)NC2CCCCCC2)s1. The van der Waals surface area contributed by atoms with Gasteiger partial charge in [0.25, 0.3) is 11.8 Å². The van der Waals surface area contributed by atoms with E-state index >= 15 is 0 Å². The first kappa shape index (κ1) is 17.8. The third kappa shape index (κ3) is 4.99. The number of halogens is 1. The molecule has 1 aromatic carbocycles. The minimum atomic E-state index is -0.409. The summed E-state index contributed by atoms with van der Waals surface area (Å²) in [5, 5.41) is 14.3. The molecular formula is C17H19ClN4O2S. The number of carbonyl (C=O) groups excluding carboxylic acids is 2. The number of carbonyl (C=O) groups is 2. The molecule has 0 atom stereocenters. The summed E-state index contributed by atoms with van der Waals surface area (Å²) in [6.45, 7) is 0. The van der Waals surface area contributed by atoms with Crippen LogP contribution < -0.4 is 10.6 Å². The molecule has 1 aromatic heterocycles. The van der Waals surface area contributed by atoms with Gasteiger partial charge in [0.15, 0.2) is 0 Å². The highest BCUT2D eigenvalue weighted by atomic mass is 35.5. The van der Waals surface area contributed by atoms with E-state index in [0.29, 0.717) is 10.7 Å². The topological polar surface area (TPSA) is 84.0 Å². The molecule has 2 amide bonds. The molecule has 0 saturated heterocycles. The van der Waals surface area contributed by atoms with Crippen LogP contribution in [-0.2, 0) is 0 Å². The minimum absolute atomic E-state index is 0.144. The van der Waals surface area contributed by atoms with Crippen molar-refractivity contribution in [1.29, 1.82) is 0 Å². The van der Waals surface area contributed by atoms with Gasteiger partial charge in [-0.3, -0.25) is 9.59 Å². The summed E-state index contributed by atoms with van der Waals surface area (Å²) < 4.78 is 0. The van der Waals surface area contributed by atoms with Crippen molar-refractivity contribution in [3.05, 3.63) is 39.3 Å². The van der Waals surface area contributed by atoms with Gasteiger partial charge in [0, 0.05) is 16.8 Å². The Kier molecular flexibility index (Phi) is 5.99. The van der Waals surface area contributed by atoms with Gasteiger partial charge in [0.1, 0.15) is 0 Å². The van der Waals surface area contributed by atoms with Crippen molar-refractivity contribution in [3.63, 3.8) is 0 Å². The Morgan fingerprint density at radius 3 is 2.40 bits per heavy atom. The van der Waals surface area contributed by atoms with E-state index in [0.717, 1.165) is 37.0 Å². The zero-order valence-corrected chi connectivity index (χ0v) is 15.2. The highest BCUT2D eigenvalue weighted by Crippen LogP contribution is 2.19. The quantitative estimate of drug-likeness (QED) is 0.790. The molecule has 0 spiro atoms. The maximum atomic E-state index is 12.3. The first-order chi connectivity index (χ1) is 12.1. The number of hydrogen-bond acceptors (Lipinski definition) is 5. The van der Waals surface area contributed by atoms with Gasteiger partial charge in [0.05, 0.1) is 0 Å². The first-order valence-electron chi connectivity index (χ1n) is 8.33. The first-order valence-corrected chi connectivity index (χ1v) is 9.52. The Hall–Kier alpha value is -1.99. The van der Waals surface area contributed by atoms with Crippen molar-refractivity contribution in [2.75, 3.05) is 5.32 Å². The molecule has 132 valence electrons. The van der Waals surface area contributed by atoms with Gasteiger partial charge in [-0.25, -0.2) is 0 Å². The minimum Gasteiger partial charge on any atom is -0.347 e. The second kappa shape index (κ2) is 8.40. The molecular weight excluding hydrogens is 360 g/mol. The summed E-state index contributed by atoms with van der Waals surface area (Å²) >= 11 is 6.88. The Balaban J connectivity index is 1.60. The van der Waals surface area contributed by atoms with Gasteiger partial charge >= 0.3 is 0 Å². The maximum absolute atomic E-state index is 12.3. The molecule has 1 aliphatic carbocycles. The Bertz CT molecular complexity index is 757. The van der Waals surface area contributed by atoms with Crippen LogP contribution in [0.2, 0.25) is 5.02 Å². The number of amides is 2. The fourth-order valence-corrected chi connectivity index (χ4v) is 3.66. The number of rotatable bonds is 4. The number of aromatic nitrogens is 2. The molecule has 1 fully saturated rings. The van der Waals surface area contributed by atoms with Gasteiger partial charge in [-0.2, -0.15) is 0 Å². The lowest BCUT2D eigenvalue weighted by molar-refractivity contribution is 0.0931. The highest BCUT2D eigenvalue weighted by Gasteiger charge is 2.21. The van der Waals surface area contributed by atoms with Crippen LogP contribution in [0.25, 0.3) is 0 Å². The van der Waals surface area contributed by atoms with E-state index in [9.17, 15) is 9.59 Å². The number of nitrogens with zero attached hydrogens (tertiary/aromatic N) is 2. The molecule has 0 unspecified atom stereocenters. The molecule has 0 aliphatic heterocycles. The third-order valence-corrected chi connectivity index (χ3v) is 5.24. The van der Waals surface area contributed by atoms with Crippen LogP contribution in [0.15, 0.2) is 24.3 Å². The van der Waals surface area contributed by atoms with Gasteiger partial charge < -0.3 is 10.6 Å². The van der Waals surface area contributed by atoms with Gasteiger partial charge in [-0.15, -0.1) is 10.2 Å². The van der Waals surface area contributed by atoms with E-state index in [1.54, 1.807) is 24.3 Å². The Morgan fingerprint density at radius 1 is 1.04 bits per heavy atom. The van der Waals surface area contributed by atoms with Gasteiger partial charge in [-0.05, 0) is 31.0 Å². The standard InChI is InChI=1S/C17H19ClN4O2S/c18-11-6-5-9-13(10-11)20-15(24)17-22-21-16(25-17)14(23)19-12-7-3-1-2-4-8-12/h5-6,9-10,12H,1-4,7-8H2,(H,19,23)(H,20,24). The summed E-state index contributed by atoms with van der Waals surface area (Å²) in [7, 11) is 0. The van der Waals surface area contributed by atoms with E-state index in [-0.39, 0.29) is 22.0 Å². The zero-order valence-electron chi connectivity index (χ0n) is 13.6. The van der Waals surface area contributed by atoms with E-state index < -0.39 is 5.91 Å². The molecule has 1 aliphatic rings. The van der Waals surface area contributed by atoms with Crippen molar-refractivity contribution >= 4 is 40.4 Å².